The van der Waals surface area contributed by atoms with Gasteiger partial charge in [-0.3, -0.25) is 4.79 Å². The molecule has 0 bridgehead atoms. The lowest BCUT2D eigenvalue weighted by Crippen LogP contribution is -2.31. The van der Waals surface area contributed by atoms with E-state index in [4.69, 9.17) is 0 Å². The van der Waals surface area contributed by atoms with Gasteiger partial charge in [-0.2, -0.15) is 4.31 Å². The molecule has 1 heterocycles. The molecule has 6 nitrogen and oxygen atoms in total. The zero-order valence-corrected chi connectivity index (χ0v) is 16.3. The molecule has 2 N–H and O–H groups in total. The SMILES string of the molecule is CCN(CC)S(=O)(=O)c1ccc(C(=O)NCC2=CCNCC2)cc1.Cl. The standard InChI is InChI=1S/C17H25N3O3S.ClH/c1-3-20(4-2)24(22,23)16-7-5-15(6-8-16)17(21)19-13-14-9-11-18-12-10-14;/h5-9,18H,3-4,10-13H2,1-2H3,(H,19,21);1H. The minimum atomic E-state index is -3.49. The molecule has 1 aliphatic rings. The Bertz CT molecular complexity index is 698. The largest absolute Gasteiger partial charge is 0.348 e. The monoisotopic (exact) mass is 387 g/mol. The summed E-state index contributed by atoms with van der Waals surface area (Å²) in [5, 5.41) is 6.10. The number of sulfonamides is 1. The third kappa shape index (κ3) is 5.54. The van der Waals surface area contributed by atoms with Gasteiger partial charge >= 0.3 is 0 Å². The summed E-state index contributed by atoms with van der Waals surface area (Å²) < 4.78 is 26.2. The van der Waals surface area contributed by atoms with Crippen LogP contribution in [-0.2, 0) is 10.0 Å². The molecule has 0 aliphatic carbocycles. The van der Waals surface area contributed by atoms with Gasteiger partial charge in [-0.05, 0) is 37.2 Å². The van der Waals surface area contributed by atoms with Crippen LogP contribution in [0.1, 0.15) is 30.6 Å². The van der Waals surface area contributed by atoms with Gasteiger partial charge in [0, 0.05) is 31.7 Å². The Morgan fingerprint density at radius 2 is 1.84 bits per heavy atom. The van der Waals surface area contributed by atoms with E-state index in [-0.39, 0.29) is 23.2 Å². The Kier molecular flexibility index (Phi) is 8.58. The highest BCUT2D eigenvalue weighted by molar-refractivity contribution is 7.89. The summed E-state index contributed by atoms with van der Waals surface area (Å²) >= 11 is 0. The van der Waals surface area contributed by atoms with Crippen LogP contribution in [0.15, 0.2) is 40.8 Å². The second-order valence-corrected chi connectivity index (χ2v) is 7.55. The highest BCUT2D eigenvalue weighted by Gasteiger charge is 2.21. The van der Waals surface area contributed by atoms with Crippen LogP contribution >= 0.6 is 12.4 Å². The summed E-state index contributed by atoms with van der Waals surface area (Å²) in [6.45, 7) is 6.75. The highest BCUT2D eigenvalue weighted by atomic mass is 35.5. The molecule has 8 heteroatoms. The lowest BCUT2D eigenvalue weighted by Gasteiger charge is -2.18. The summed E-state index contributed by atoms with van der Waals surface area (Å²) in [7, 11) is -3.49. The first kappa shape index (κ1) is 21.6. The van der Waals surface area contributed by atoms with Crippen LogP contribution < -0.4 is 10.6 Å². The molecule has 1 aromatic carbocycles. The van der Waals surface area contributed by atoms with Crippen LogP contribution in [0.5, 0.6) is 0 Å². The van der Waals surface area contributed by atoms with Crippen molar-refractivity contribution in [1.29, 1.82) is 0 Å². The first-order valence-electron chi connectivity index (χ1n) is 8.26. The molecule has 0 fully saturated rings. The normalized spacial score (nSPS) is 14.6. The van der Waals surface area contributed by atoms with E-state index in [1.54, 1.807) is 26.0 Å². The van der Waals surface area contributed by atoms with E-state index in [0.717, 1.165) is 19.5 Å². The van der Waals surface area contributed by atoms with E-state index in [2.05, 4.69) is 16.7 Å². The van der Waals surface area contributed by atoms with Gasteiger partial charge < -0.3 is 10.6 Å². The van der Waals surface area contributed by atoms with Gasteiger partial charge in [0.2, 0.25) is 10.0 Å². The summed E-state index contributed by atoms with van der Waals surface area (Å²) in [6, 6.07) is 6.10. The molecular formula is C17H26ClN3O3S. The fraction of sp³-hybridized carbons (Fsp3) is 0.471. The van der Waals surface area contributed by atoms with E-state index >= 15 is 0 Å². The Morgan fingerprint density at radius 3 is 2.36 bits per heavy atom. The van der Waals surface area contributed by atoms with Gasteiger partial charge in [0.15, 0.2) is 0 Å². The van der Waals surface area contributed by atoms with Crippen molar-refractivity contribution < 1.29 is 13.2 Å². The third-order valence-electron chi connectivity index (χ3n) is 4.09. The number of nitrogens with zero attached hydrogens (tertiary/aromatic N) is 1. The highest BCUT2D eigenvalue weighted by Crippen LogP contribution is 2.16. The van der Waals surface area contributed by atoms with E-state index in [1.165, 1.54) is 22.0 Å². The number of halogens is 1. The number of hydrogen-bond donors (Lipinski definition) is 2. The zero-order chi connectivity index (χ0) is 17.6. The molecule has 0 spiro atoms. The molecule has 0 saturated heterocycles. The maximum absolute atomic E-state index is 12.4. The van der Waals surface area contributed by atoms with Gasteiger partial charge in [-0.15, -0.1) is 12.4 Å². The van der Waals surface area contributed by atoms with Crippen molar-refractivity contribution in [3.63, 3.8) is 0 Å². The van der Waals surface area contributed by atoms with Gasteiger partial charge in [0.1, 0.15) is 0 Å². The summed E-state index contributed by atoms with van der Waals surface area (Å²) in [5.74, 6) is -0.193. The Hall–Kier alpha value is -1.41. The van der Waals surface area contributed by atoms with Crippen molar-refractivity contribution in [3.05, 3.63) is 41.5 Å². The molecular weight excluding hydrogens is 362 g/mol. The summed E-state index contributed by atoms with van der Waals surface area (Å²) in [4.78, 5) is 12.4. The molecule has 1 aliphatic heterocycles. The number of benzene rings is 1. The van der Waals surface area contributed by atoms with Crippen LogP contribution in [0, 0.1) is 0 Å². The smallest absolute Gasteiger partial charge is 0.251 e. The van der Waals surface area contributed by atoms with E-state index in [9.17, 15) is 13.2 Å². The topological polar surface area (TPSA) is 78.5 Å². The first-order valence-corrected chi connectivity index (χ1v) is 9.70. The minimum Gasteiger partial charge on any atom is -0.348 e. The predicted molar refractivity (Wildman–Crippen MR) is 102 cm³/mol. The molecule has 1 amide bonds. The number of amides is 1. The lowest BCUT2D eigenvalue weighted by atomic mass is 10.1. The quantitative estimate of drug-likeness (QED) is 0.699. The fourth-order valence-corrected chi connectivity index (χ4v) is 4.07. The number of carbonyl (C=O) groups excluding carboxylic acids is 1. The Labute approximate surface area is 156 Å². The van der Waals surface area contributed by atoms with Gasteiger partial charge in [-0.1, -0.05) is 25.5 Å². The van der Waals surface area contributed by atoms with E-state index in [1.807, 2.05) is 0 Å². The molecule has 0 radical (unpaired) electrons. The summed E-state index contributed by atoms with van der Waals surface area (Å²) in [5.41, 5.74) is 1.67. The van der Waals surface area contributed by atoms with Crippen molar-refractivity contribution in [1.82, 2.24) is 14.9 Å². The van der Waals surface area contributed by atoms with Crippen LogP contribution in [0.3, 0.4) is 0 Å². The number of hydrogen-bond acceptors (Lipinski definition) is 4. The van der Waals surface area contributed by atoms with Gasteiger partial charge in [-0.25, -0.2) is 8.42 Å². The molecule has 25 heavy (non-hydrogen) atoms. The van der Waals surface area contributed by atoms with Crippen molar-refractivity contribution in [2.45, 2.75) is 25.2 Å². The van der Waals surface area contributed by atoms with Crippen LogP contribution in [0.2, 0.25) is 0 Å². The number of rotatable bonds is 7. The zero-order valence-electron chi connectivity index (χ0n) is 14.6. The number of carbonyl (C=O) groups is 1. The molecule has 0 atom stereocenters. The van der Waals surface area contributed by atoms with Gasteiger partial charge in [0.05, 0.1) is 4.90 Å². The second-order valence-electron chi connectivity index (χ2n) is 5.61. The molecule has 140 valence electrons. The molecule has 0 saturated carbocycles. The van der Waals surface area contributed by atoms with Crippen LogP contribution in [0.4, 0.5) is 0 Å². The maximum Gasteiger partial charge on any atom is 0.251 e. The van der Waals surface area contributed by atoms with Crippen molar-refractivity contribution in [2.75, 3.05) is 32.7 Å². The average molecular weight is 388 g/mol. The van der Waals surface area contributed by atoms with Crippen LogP contribution in [-0.4, -0.2) is 51.4 Å². The van der Waals surface area contributed by atoms with E-state index < -0.39 is 10.0 Å². The second kappa shape index (κ2) is 9.91. The maximum atomic E-state index is 12.4. The van der Waals surface area contributed by atoms with Gasteiger partial charge in [0.25, 0.3) is 5.91 Å². The predicted octanol–water partition coefficient (Wildman–Crippen LogP) is 1.79. The molecule has 2 rings (SSSR count). The third-order valence-corrected chi connectivity index (χ3v) is 6.16. The average Bonchev–Trinajstić information content (AvgIpc) is 2.61. The Balaban J connectivity index is 0.00000312. The van der Waals surface area contributed by atoms with E-state index in [0.29, 0.717) is 25.2 Å². The Morgan fingerprint density at radius 1 is 1.20 bits per heavy atom. The lowest BCUT2D eigenvalue weighted by molar-refractivity contribution is 0.0956. The minimum absolute atomic E-state index is 0. The fourth-order valence-electron chi connectivity index (χ4n) is 2.62. The summed E-state index contributed by atoms with van der Waals surface area (Å²) in [6.07, 6.45) is 3.02. The van der Waals surface area contributed by atoms with Crippen molar-refractivity contribution >= 4 is 28.3 Å². The molecule has 1 aromatic rings. The van der Waals surface area contributed by atoms with Crippen molar-refractivity contribution in [3.8, 4) is 0 Å². The molecule has 0 unspecified atom stereocenters. The van der Waals surface area contributed by atoms with Crippen molar-refractivity contribution in [2.24, 2.45) is 0 Å². The molecule has 0 aromatic heterocycles. The number of nitrogens with one attached hydrogen (secondary N) is 2. The first-order chi connectivity index (χ1) is 11.5. The van der Waals surface area contributed by atoms with Crippen LogP contribution in [0.25, 0.3) is 0 Å².